The fourth-order valence-corrected chi connectivity index (χ4v) is 3.24. The van der Waals surface area contributed by atoms with Crippen LogP contribution in [-0.2, 0) is 4.79 Å². The van der Waals surface area contributed by atoms with E-state index in [1.165, 1.54) is 19.5 Å². The molecule has 0 aliphatic carbocycles. The molecule has 0 aromatic rings. The van der Waals surface area contributed by atoms with E-state index in [1.54, 1.807) is 0 Å². The molecule has 0 aromatic heterocycles. The van der Waals surface area contributed by atoms with Gasteiger partial charge in [0.1, 0.15) is 0 Å². The Kier molecular flexibility index (Phi) is 5.19. The zero-order chi connectivity index (χ0) is 13.8. The van der Waals surface area contributed by atoms with Crippen molar-refractivity contribution >= 4 is 5.97 Å². The van der Waals surface area contributed by atoms with E-state index < -0.39 is 5.97 Å². The van der Waals surface area contributed by atoms with Gasteiger partial charge in [0.15, 0.2) is 0 Å². The van der Waals surface area contributed by atoms with Crippen LogP contribution in [0.25, 0.3) is 0 Å². The fraction of sp³-hybridized carbons (Fsp3) is 0.929. The average molecular weight is 269 g/mol. The van der Waals surface area contributed by atoms with Crippen LogP contribution in [0.4, 0.5) is 0 Å². The number of hydrogen-bond donors (Lipinski definition) is 1. The molecule has 0 saturated carbocycles. The number of carboxylic acids is 1. The number of aliphatic carboxylic acids is 1. The van der Waals surface area contributed by atoms with Crippen LogP contribution in [0.15, 0.2) is 0 Å². The standard InChI is InChI=1S/C14H27N3O2/c1-12(2)17-7-4-13(10-17)16-6-3-5-15(8-9-16)11-14(18)19/h12-13H,3-11H2,1-2H3,(H,18,19). The Morgan fingerprint density at radius 3 is 2.63 bits per heavy atom. The third kappa shape index (κ3) is 4.16. The molecule has 5 nitrogen and oxygen atoms in total. The molecule has 2 saturated heterocycles. The highest BCUT2D eigenvalue weighted by Gasteiger charge is 2.29. The lowest BCUT2D eigenvalue weighted by Gasteiger charge is -2.28. The molecule has 2 aliphatic rings. The van der Waals surface area contributed by atoms with Gasteiger partial charge in [-0.25, -0.2) is 0 Å². The monoisotopic (exact) mass is 269 g/mol. The summed E-state index contributed by atoms with van der Waals surface area (Å²) >= 11 is 0. The van der Waals surface area contributed by atoms with Gasteiger partial charge < -0.3 is 5.11 Å². The quantitative estimate of drug-likeness (QED) is 0.808. The van der Waals surface area contributed by atoms with Crippen molar-refractivity contribution in [1.29, 1.82) is 0 Å². The SMILES string of the molecule is CC(C)N1CCC(N2CCCN(CC(=O)O)CC2)C1. The Morgan fingerprint density at radius 2 is 2.00 bits per heavy atom. The lowest BCUT2D eigenvalue weighted by atomic mass is 10.2. The van der Waals surface area contributed by atoms with Gasteiger partial charge in [-0.15, -0.1) is 0 Å². The summed E-state index contributed by atoms with van der Waals surface area (Å²) < 4.78 is 0. The number of rotatable bonds is 4. The van der Waals surface area contributed by atoms with Crippen molar-refractivity contribution in [3.63, 3.8) is 0 Å². The maximum Gasteiger partial charge on any atom is 0.317 e. The largest absolute Gasteiger partial charge is 0.480 e. The molecule has 2 heterocycles. The van der Waals surface area contributed by atoms with Crippen molar-refractivity contribution in [2.75, 3.05) is 45.8 Å². The van der Waals surface area contributed by atoms with Gasteiger partial charge >= 0.3 is 5.97 Å². The van der Waals surface area contributed by atoms with Crippen LogP contribution in [0.2, 0.25) is 0 Å². The van der Waals surface area contributed by atoms with Crippen LogP contribution >= 0.6 is 0 Å². The first-order chi connectivity index (χ1) is 9.06. The molecule has 0 bridgehead atoms. The van der Waals surface area contributed by atoms with E-state index in [1.807, 2.05) is 0 Å². The predicted molar refractivity (Wildman–Crippen MR) is 75.4 cm³/mol. The third-order valence-corrected chi connectivity index (χ3v) is 4.42. The molecule has 0 amide bonds. The molecule has 19 heavy (non-hydrogen) atoms. The van der Waals surface area contributed by atoms with Crippen molar-refractivity contribution in [2.45, 2.75) is 38.8 Å². The van der Waals surface area contributed by atoms with Crippen LogP contribution in [0.3, 0.4) is 0 Å². The smallest absolute Gasteiger partial charge is 0.317 e. The maximum atomic E-state index is 10.8. The molecule has 0 spiro atoms. The first kappa shape index (κ1) is 14.8. The lowest BCUT2D eigenvalue weighted by Crippen LogP contribution is -2.41. The molecule has 1 N–H and O–H groups in total. The zero-order valence-electron chi connectivity index (χ0n) is 12.2. The van der Waals surface area contributed by atoms with Crippen molar-refractivity contribution in [3.8, 4) is 0 Å². The van der Waals surface area contributed by atoms with Crippen molar-refractivity contribution in [3.05, 3.63) is 0 Å². The van der Waals surface area contributed by atoms with Gasteiger partial charge in [-0.1, -0.05) is 0 Å². The van der Waals surface area contributed by atoms with Gasteiger partial charge in [-0.05, 0) is 33.2 Å². The van der Waals surface area contributed by atoms with Gasteiger partial charge in [0.25, 0.3) is 0 Å². The number of carboxylic acid groups (broad SMARTS) is 1. The van der Waals surface area contributed by atoms with Crippen molar-refractivity contribution in [2.24, 2.45) is 0 Å². The Hall–Kier alpha value is -0.650. The number of hydrogen-bond acceptors (Lipinski definition) is 4. The molecular formula is C14H27N3O2. The molecule has 110 valence electrons. The van der Waals surface area contributed by atoms with E-state index in [0.29, 0.717) is 12.1 Å². The molecule has 5 heteroatoms. The van der Waals surface area contributed by atoms with Crippen LogP contribution < -0.4 is 0 Å². The summed E-state index contributed by atoms with van der Waals surface area (Å²) in [5, 5.41) is 8.87. The molecule has 0 radical (unpaired) electrons. The van der Waals surface area contributed by atoms with E-state index in [9.17, 15) is 4.79 Å². The van der Waals surface area contributed by atoms with Crippen LogP contribution in [0, 0.1) is 0 Å². The molecule has 2 fully saturated rings. The van der Waals surface area contributed by atoms with Gasteiger partial charge in [0.2, 0.25) is 0 Å². The van der Waals surface area contributed by atoms with Crippen LogP contribution in [0.5, 0.6) is 0 Å². The highest BCUT2D eigenvalue weighted by atomic mass is 16.4. The second-order valence-electron chi connectivity index (χ2n) is 6.09. The van der Waals surface area contributed by atoms with E-state index >= 15 is 0 Å². The minimum Gasteiger partial charge on any atom is -0.480 e. The molecular weight excluding hydrogens is 242 g/mol. The van der Waals surface area contributed by atoms with E-state index in [2.05, 4.69) is 28.5 Å². The number of likely N-dealkylation sites (tertiary alicyclic amines) is 1. The Morgan fingerprint density at radius 1 is 1.21 bits per heavy atom. The molecule has 1 atom stereocenters. The molecule has 1 unspecified atom stereocenters. The Labute approximate surface area is 116 Å². The van der Waals surface area contributed by atoms with Gasteiger partial charge in [0, 0.05) is 44.8 Å². The first-order valence-corrected chi connectivity index (χ1v) is 7.48. The van der Waals surface area contributed by atoms with E-state index in [4.69, 9.17) is 5.11 Å². The first-order valence-electron chi connectivity index (χ1n) is 7.48. The summed E-state index contributed by atoms with van der Waals surface area (Å²) in [5.74, 6) is -0.708. The van der Waals surface area contributed by atoms with Gasteiger partial charge in [-0.3, -0.25) is 19.5 Å². The maximum absolute atomic E-state index is 10.8. The van der Waals surface area contributed by atoms with E-state index in [0.717, 1.165) is 32.6 Å². The lowest BCUT2D eigenvalue weighted by molar-refractivity contribution is -0.138. The van der Waals surface area contributed by atoms with Crippen LogP contribution in [-0.4, -0.2) is 83.7 Å². The second-order valence-corrected chi connectivity index (χ2v) is 6.09. The summed E-state index contributed by atoms with van der Waals surface area (Å²) in [4.78, 5) is 18.0. The summed E-state index contributed by atoms with van der Waals surface area (Å²) in [7, 11) is 0. The average Bonchev–Trinajstić information content (AvgIpc) is 2.72. The fourth-order valence-electron chi connectivity index (χ4n) is 3.24. The normalized spacial score (nSPS) is 27.8. The summed E-state index contributed by atoms with van der Waals surface area (Å²) in [5.41, 5.74) is 0. The van der Waals surface area contributed by atoms with Gasteiger partial charge in [0.05, 0.1) is 6.54 Å². The number of carbonyl (C=O) groups is 1. The zero-order valence-corrected chi connectivity index (χ0v) is 12.2. The van der Waals surface area contributed by atoms with Gasteiger partial charge in [-0.2, -0.15) is 0 Å². The summed E-state index contributed by atoms with van der Waals surface area (Å²) in [6.45, 7) is 11.0. The van der Waals surface area contributed by atoms with Crippen molar-refractivity contribution < 1.29 is 9.90 Å². The van der Waals surface area contributed by atoms with Crippen molar-refractivity contribution in [1.82, 2.24) is 14.7 Å². The highest BCUT2D eigenvalue weighted by Crippen LogP contribution is 2.19. The summed E-state index contributed by atoms with van der Waals surface area (Å²) in [6.07, 6.45) is 2.35. The molecule has 2 aliphatic heterocycles. The van der Waals surface area contributed by atoms with Crippen LogP contribution in [0.1, 0.15) is 26.7 Å². The Bertz CT molecular complexity index is 309. The molecule has 2 rings (SSSR count). The second kappa shape index (κ2) is 6.68. The molecule has 0 aromatic carbocycles. The topological polar surface area (TPSA) is 47.0 Å². The third-order valence-electron chi connectivity index (χ3n) is 4.42. The number of nitrogens with zero attached hydrogens (tertiary/aromatic N) is 3. The highest BCUT2D eigenvalue weighted by molar-refractivity contribution is 5.69. The Balaban J connectivity index is 1.81. The minimum absolute atomic E-state index is 0.191. The minimum atomic E-state index is -0.708. The summed E-state index contributed by atoms with van der Waals surface area (Å²) in [6, 6.07) is 1.31. The van der Waals surface area contributed by atoms with E-state index in [-0.39, 0.29) is 6.54 Å². The predicted octanol–water partition coefficient (Wildman–Crippen LogP) is 0.561.